The van der Waals surface area contributed by atoms with Crippen molar-refractivity contribution in [3.63, 3.8) is 0 Å². The summed E-state index contributed by atoms with van der Waals surface area (Å²) in [4.78, 5) is 0. The van der Waals surface area contributed by atoms with Crippen LogP contribution in [0.15, 0.2) is 59.6 Å². The minimum atomic E-state index is -0.352. The molecule has 27 heavy (non-hydrogen) atoms. The lowest BCUT2D eigenvalue weighted by molar-refractivity contribution is 0.00578. The van der Waals surface area contributed by atoms with Crippen LogP contribution in [0.5, 0.6) is 0 Å². The minimum absolute atomic E-state index is 0.210. The molecule has 0 spiro atoms. The molecule has 2 atom stereocenters. The van der Waals surface area contributed by atoms with Crippen LogP contribution >= 0.6 is 0 Å². The molecule has 2 unspecified atom stereocenters. The number of fused-ring (bicyclic) bond motifs is 1. The summed E-state index contributed by atoms with van der Waals surface area (Å²) in [5, 5.41) is 12.6. The van der Waals surface area contributed by atoms with Crippen LogP contribution in [0, 0.1) is 11.3 Å². The second kappa shape index (κ2) is 6.49. The van der Waals surface area contributed by atoms with Crippen LogP contribution in [0.25, 0.3) is 0 Å². The van der Waals surface area contributed by atoms with Crippen molar-refractivity contribution in [1.82, 2.24) is 5.32 Å². The summed E-state index contributed by atoms with van der Waals surface area (Å²) in [5.74, 6) is 0.307. The molecule has 2 aliphatic heterocycles. The Morgan fingerprint density at radius 2 is 1.74 bits per heavy atom. The van der Waals surface area contributed by atoms with Crippen molar-refractivity contribution in [2.45, 2.75) is 50.9 Å². The van der Waals surface area contributed by atoms with Gasteiger partial charge in [-0.15, -0.1) is 0 Å². The highest BCUT2D eigenvalue weighted by atomic mass is 16.7. The van der Waals surface area contributed by atoms with Crippen LogP contribution in [-0.2, 0) is 9.31 Å². The molecule has 0 bridgehead atoms. The van der Waals surface area contributed by atoms with E-state index in [2.05, 4.69) is 75.5 Å². The predicted octanol–water partition coefficient (Wildman–Crippen LogP) is 3.67. The monoisotopic (exact) mass is 360 g/mol. The van der Waals surface area contributed by atoms with Crippen LogP contribution in [0.3, 0.4) is 0 Å². The van der Waals surface area contributed by atoms with Gasteiger partial charge >= 0.3 is 7.12 Å². The Kier molecular flexibility index (Phi) is 4.39. The van der Waals surface area contributed by atoms with Gasteiger partial charge in [0.1, 0.15) is 0 Å². The number of hydrogen-bond acceptors (Lipinski definition) is 4. The molecule has 1 N–H and O–H groups in total. The Labute approximate surface area is 161 Å². The van der Waals surface area contributed by atoms with Crippen molar-refractivity contribution in [2.24, 2.45) is 0 Å². The Hall–Kier alpha value is -2.13. The normalized spacial score (nSPS) is 28.2. The van der Waals surface area contributed by atoms with Gasteiger partial charge in [-0.1, -0.05) is 36.4 Å². The van der Waals surface area contributed by atoms with Gasteiger partial charge in [0.2, 0.25) is 0 Å². The predicted molar refractivity (Wildman–Crippen MR) is 107 cm³/mol. The maximum absolute atomic E-state index is 9.01. The van der Waals surface area contributed by atoms with Gasteiger partial charge in [-0.25, -0.2) is 0 Å². The molecule has 1 aromatic rings. The van der Waals surface area contributed by atoms with E-state index in [0.717, 1.165) is 12.0 Å². The molecule has 138 valence electrons. The fourth-order valence-corrected chi connectivity index (χ4v) is 3.79. The van der Waals surface area contributed by atoms with E-state index in [9.17, 15) is 0 Å². The Morgan fingerprint density at radius 3 is 2.37 bits per heavy atom. The first-order chi connectivity index (χ1) is 12.8. The molecular weight excluding hydrogens is 335 g/mol. The van der Waals surface area contributed by atoms with E-state index in [1.54, 1.807) is 0 Å². The zero-order chi connectivity index (χ0) is 19.2. The number of nitrogens with zero attached hydrogens (tertiary/aromatic N) is 1. The van der Waals surface area contributed by atoms with E-state index in [0.29, 0.717) is 11.5 Å². The van der Waals surface area contributed by atoms with E-state index >= 15 is 0 Å². The van der Waals surface area contributed by atoms with Crippen molar-refractivity contribution >= 4 is 7.12 Å². The molecule has 2 fully saturated rings. The number of benzene rings is 1. The van der Waals surface area contributed by atoms with Crippen LogP contribution in [-0.4, -0.2) is 30.9 Å². The van der Waals surface area contributed by atoms with Crippen molar-refractivity contribution in [1.29, 1.82) is 5.26 Å². The van der Waals surface area contributed by atoms with Crippen LogP contribution < -0.4 is 5.32 Å². The quantitative estimate of drug-likeness (QED) is 0.818. The topological polar surface area (TPSA) is 54.3 Å². The number of nitrogens with one attached hydrogen (secondary N) is 1. The smallest absolute Gasteiger partial charge is 0.399 e. The van der Waals surface area contributed by atoms with Crippen LogP contribution in [0.2, 0.25) is 0 Å². The average molecular weight is 360 g/mol. The third-order valence-electron chi connectivity index (χ3n) is 6.22. The molecule has 1 aromatic carbocycles. The number of rotatable bonds is 2. The lowest BCUT2D eigenvalue weighted by atomic mass is 9.77. The van der Waals surface area contributed by atoms with Gasteiger partial charge in [-0.3, -0.25) is 0 Å². The molecule has 1 aliphatic carbocycles. The molecule has 0 saturated carbocycles. The third-order valence-corrected chi connectivity index (χ3v) is 6.22. The van der Waals surface area contributed by atoms with Gasteiger partial charge in [0.15, 0.2) is 0 Å². The van der Waals surface area contributed by atoms with Gasteiger partial charge in [-0.05, 0) is 56.4 Å². The molecule has 2 heterocycles. The highest BCUT2D eigenvalue weighted by Gasteiger charge is 2.52. The third kappa shape index (κ3) is 3.19. The summed E-state index contributed by atoms with van der Waals surface area (Å²) in [6.45, 7) is 9.19. The van der Waals surface area contributed by atoms with Gasteiger partial charge < -0.3 is 14.6 Å². The summed E-state index contributed by atoms with van der Waals surface area (Å²) in [6, 6.07) is 10.3. The molecule has 2 saturated heterocycles. The van der Waals surface area contributed by atoms with E-state index in [1.165, 1.54) is 11.1 Å². The van der Waals surface area contributed by atoms with Gasteiger partial charge in [0.25, 0.3) is 0 Å². The molecule has 5 heteroatoms. The Balaban J connectivity index is 1.60. The SMILES string of the molecule is CC1(C)OB(C2=CC=C3C(C=C2)NCC3c2ccc(C#N)cc2)OC1(C)C. The first-order valence-electron chi connectivity index (χ1n) is 9.50. The number of nitriles is 1. The summed E-state index contributed by atoms with van der Waals surface area (Å²) >= 11 is 0. The first-order valence-corrected chi connectivity index (χ1v) is 9.50. The minimum Gasteiger partial charge on any atom is -0.399 e. The lowest BCUT2D eigenvalue weighted by Crippen LogP contribution is -2.41. The summed E-state index contributed by atoms with van der Waals surface area (Å²) in [5.41, 5.74) is 3.61. The first kappa shape index (κ1) is 18.2. The summed E-state index contributed by atoms with van der Waals surface area (Å²) in [7, 11) is -0.352. The molecule has 4 rings (SSSR count). The molecule has 4 nitrogen and oxygen atoms in total. The highest BCUT2D eigenvalue weighted by Crippen LogP contribution is 2.40. The molecule has 3 aliphatic rings. The van der Waals surface area contributed by atoms with E-state index < -0.39 is 0 Å². The largest absolute Gasteiger partial charge is 0.494 e. The zero-order valence-corrected chi connectivity index (χ0v) is 16.3. The number of hydrogen-bond donors (Lipinski definition) is 1. The van der Waals surface area contributed by atoms with Crippen LogP contribution in [0.4, 0.5) is 0 Å². The van der Waals surface area contributed by atoms with E-state index in [-0.39, 0.29) is 24.4 Å². The maximum Gasteiger partial charge on any atom is 0.494 e. The standard InChI is InChI=1S/C22H25BN2O2/c1-21(2)22(3,4)27-23(26-21)17-9-11-18-19(14-25-20(18)12-10-17)16-7-5-15(13-24)6-8-16/h5-12,19-20,25H,14H2,1-4H3. The Bertz CT molecular complexity index is 859. The molecule has 0 radical (unpaired) electrons. The van der Waals surface area contributed by atoms with Crippen molar-refractivity contribution in [3.05, 3.63) is 70.7 Å². The van der Waals surface area contributed by atoms with Crippen molar-refractivity contribution in [2.75, 3.05) is 6.54 Å². The van der Waals surface area contributed by atoms with Crippen molar-refractivity contribution < 1.29 is 9.31 Å². The van der Waals surface area contributed by atoms with Crippen molar-refractivity contribution in [3.8, 4) is 6.07 Å². The second-order valence-corrected chi connectivity index (χ2v) is 8.45. The molecule has 0 aromatic heterocycles. The maximum atomic E-state index is 9.01. The van der Waals surface area contributed by atoms with E-state index in [4.69, 9.17) is 14.6 Å². The van der Waals surface area contributed by atoms with Gasteiger partial charge in [0, 0.05) is 18.5 Å². The Morgan fingerprint density at radius 1 is 1.07 bits per heavy atom. The average Bonchev–Trinajstić information content (AvgIpc) is 3.03. The summed E-state index contributed by atoms with van der Waals surface area (Å²) < 4.78 is 12.4. The van der Waals surface area contributed by atoms with Gasteiger partial charge in [0.05, 0.1) is 22.8 Å². The number of allylic oxidation sites excluding steroid dienone is 4. The second-order valence-electron chi connectivity index (χ2n) is 8.45. The zero-order valence-electron chi connectivity index (χ0n) is 16.3. The van der Waals surface area contributed by atoms with Crippen LogP contribution in [0.1, 0.15) is 44.7 Å². The lowest BCUT2D eigenvalue weighted by Gasteiger charge is -2.32. The van der Waals surface area contributed by atoms with E-state index in [1.807, 2.05) is 12.1 Å². The fraction of sp³-hybridized carbons (Fsp3) is 0.409. The molecule has 0 amide bonds. The highest BCUT2D eigenvalue weighted by molar-refractivity contribution is 6.55. The molecular formula is C22H25BN2O2. The van der Waals surface area contributed by atoms with Gasteiger partial charge in [-0.2, -0.15) is 5.26 Å². The summed E-state index contributed by atoms with van der Waals surface area (Å²) in [6.07, 6.45) is 8.63. The fourth-order valence-electron chi connectivity index (χ4n) is 3.79.